The zero-order chi connectivity index (χ0) is 22.1. The largest absolute Gasteiger partial charge is 0.478 e. The topological polar surface area (TPSA) is 109 Å². The minimum Gasteiger partial charge on any atom is -0.478 e. The molecule has 0 saturated heterocycles. The van der Waals surface area contributed by atoms with Gasteiger partial charge in [-0.15, -0.1) is 0 Å². The standard InChI is InChI=1S/C24H32O6/c1-3-5-7-18(25)16-10-9-15-14-11-12-24(17(13-14)22(27)28,19(26)8-6-4-2)21(15)20(16)23(29)30/h13-15,21H,3-12H2,1-2H3,(H,27,28)(H,29,30)/t14-,15+,21-,24-/m0/s1. The van der Waals surface area contributed by atoms with Crippen LogP contribution in [0.4, 0.5) is 0 Å². The average Bonchev–Trinajstić information content (AvgIpc) is 2.74. The van der Waals surface area contributed by atoms with Crippen LogP contribution >= 0.6 is 0 Å². The lowest BCUT2D eigenvalue weighted by Gasteiger charge is -2.56. The van der Waals surface area contributed by atoms with Gasteiger partial charge in [-0.2, -0.15) is 0 Å². The molecule has 4 atom stereocenters. The maximum absolute atomic E-state index is 13.5. The molecule has 0 heterocycles. The highest BCUT2D eigenvalue weighted by Gasteiger charge is 2.62. The van der Waals surface area contributed by atoms with Crippen LogP contribution in [-0.4, -0.2) is 33.7 Å². The number of unbranched alkanes of at least 4 members (excludes halogenated alkanes) is 2. The highest BCUT2D eigenvalue weighted by atomic mass is 16.4. The second kappa shape index (κ2) is 8.86. The zero-order valence-corrected chi connectivity index (χ0v) is 17.9. The third-order valence-corrected chi connectivity index (χ3v) is 7.42. The van der Waals surface area contributed by atoms with E-state index in [-0.39, 0.29) is 41.0 Å². The number of carbonyl (C=O) groups is 4. The first kappa shape index (κ1) is 22.4. The quantitative estimate of drug-likeness (QED) is 0.548. The summed E-state index contributed by atoms with van der Waals surface area (Å²) < 4.78 is 0. The van der Waals surface area contributed by atoms with Gasteiger partial charge in [0.25, 0.3) is 0 Å². The summed E-state index contributed by atoms with van der Waals surface area (Å²) in [4.78, 5) is 51.0. The Morgan fingerprint density at radius 1 is 1.00 bits per heavy atom. The van der Waals surface area contributed by atoms with E-state index in [2.05, 4.69) is 0 Å². The number of carboxylic acid groups (broad SMARTS) is 2. The Kier molecular flexibility index (Phi) is 6.63. The minimum absolute atomic E-state index is 0.0220. The second-order valence-corrected chi connectivity index (χ2v) is 8.99. The van der Waals surface area contributed by atoms with Crippen molar-refractivity contribution >= 4 is 23.5 Å². The van der Waals surface area contributed by atoms with E-state index in [1.165, 1.54) is 0 Å². The van der Waals surface area contributed by atoms with Gasteiger partial charge in [-0.3, -0.25) is 9.59 Å². The van der Waals surface area contributed by atoms with E-state index in [0.717, 1.165) is 12.8 Å². The highest BCUT2D eigenvalue weighted by Crippen LogP contribution is 2.63. The number of aliphatic carboxylic acids is 2. The molecule has 1 fully saturated rings. The first-order chi connectivity index (χ1) is 14.3. The molecule has 1 saturated carbocycles. The number of hydrogen-bond acceptors (Lipinski definition) is 4. The van der Waals surface area contributed by atoms with E-state index in [0.29, 0.717) is 50.5 Å². The molecule has 0 aromatic carbocycles. The number of fused-ring (bicyclic) bond motifs is 1. The van der Waals surface area contributed by atoms with Crippen LogP contribution in [-0.2, 0) is 19.2 Å². The molecule has 30 heavy (non-hydrogen) atoms. The van der Waals surface area contributed by atoms with Gasteiger partial charge >= 0.3 is 11.9 Å². The molecule has 0 spiro atoms. The fourth-order valence-electron chi connectivity index (χ4n) is 6.05. The molecular formula is C24H32O6. The summed E-state index contributed by atoms with van der Waals surface area (Å²) >= 11 is 0. The van der Waals surface area contributed by atoms with Crippen LogP contribution in [0.5, 0.6) is 0 Å². The maximum Gasteiger partial charge on any atom is 0.332 e. The van der Waals surface area contributed by atoms with E-state index in [4.69, 9.17) is 0 Å². The molecule has 0 unspecified atom stereocenters. The molecule has 4 aliphatic carbocycles. The number of ketones is 2. The van der Waals surface area contributed by atoms with Gasteiger partial charge in [0, 0.05) is 35.5 Å². The lowest BCUT2D eigenvalue weighted by molar-refractivity contribution is -0.147. The van der Waals surface area contributed by atoms with Crippen molar-refractivity contribution in [1.82, 2.24) is 0 Å². The van der Waals surface area contributed by atoms with E-state index < -0.39 is 23.3 Å². The molecule has 2 N–H and O–H groups in total. The number of carbonyl (C=O) groups excluding carboxylic acids is 2. The van der Waals surface area contributed by atoms with Gasteiger partial charge in [0.15, 0.2) is 5.78 Å². The van der Waals surface area contributed by atoms with Gasteiger partial charge in [0.2, 0.25) is 0 Å². The third-order valence-electron chi connectivity index (χ3n) is 7.42. The fourth-order valence-corrected chi connectivity index (χ4v) is 6.05. The SMILES string of the molecule is CCCCC(=O)C1=C(C(=O)O)[C@@H]2[C@H](CC1)[C@@H]1C=C(C(=O)O)[C@]2(C(=O)CCCC)CC1. The van der Waals surface area contributed by atoms with Gasteiger partial charge < -0.3 is 10.2 Å². The van der Waals surface area contributed by atoms with E-state index in [9.17, 15) is 29.4 Å². The molecule has 4 rings (SSSR count). The molecule has 6 nitrogen and oxygen atoms in total. The average molecular weight is 417 g/mol. The molecule has 164 valence electrons. The van der Waals surface area contributed by atoms with Crippen molar-refractivity contribution in [1.29, 1.82) is 0 Å². The third kappa shape index (κ3) is 3.54. The summed E-state index contributed by atoms with van der Waals surface area (Å²) in [6, 6.07) is 0. The van der Waals surface area contributed by atoms with Crippen LogP contribution in [0.2, 0.25) is 0 Å². The van der Waals surface area contributed by atoms with Crippen LogP contribution in [0.1, 0.15) is 78.1 Å². The van der Waals surface area contributed by atoms with Crippen molar-refractivity contribution in [3.8, 4) is 0 Å². The van der Waals surface area contributed by atoms with Crippen LogP contribution in [0.15, 0.2) is 22.8 Å². The first-order valence-electron chi connectivity index (χ1n) is 11.3. The number of allylic oxidation sites excluding steroid dienone is 2. The molecular weight excluding hydrogens is 384 g/mol. The number of carboxylic acids is 2. The molecule has 4 aliphatic rings. The number of hydrogen-bond donors (Lipinski definition) is 2. The Morgan fingerprint density at radius 2 is 1.67 bits per heavy atom. The molecule has 2 bridgehead atoms. The Bertz CT molecular complexity index is 820. The monoisotopic (exact) mass is 416 g/mol. The van der Waals surface area contributed by atoms with Crippen LogP contribution in [0.3, 0.4) is 0 Å². The van der Waals surface area contributed by atoms with Crippen LogP contribution < -0.4 is 0 Å². The van der Waals surface area contributed by atoms with Crippen molar-refractivity contribution in [2.24, 2.45) is 23.2 Å². The second-order valence-electron chi connectivity index (χ2n) is 8.99. The Morgan fingerprint density at radius 3 is 2.27 bits per heavy atom. The lowest BCUT2D eigenvalue weighted by Crippen LogP contribution is -2.56. The molecule has 6 heteroatoms. The zero-order valence-electron chi connectivity index (χ0n) is 17.9. The van der Waals surface area contributed by atoms with Gasteiger partial charge in [0.05, 0.1) is 5.41 Å². The predicted octanol–water partition coefficient (Wildman–Crippen LogP) is 4.33. The van der Waals surface area contributed by atoms with E-state index >= 15 is 0 Å². The van der Waals surface area contributed by atoms with Gasteiger partial charge in [-0.1, -0.05) is 32.8 Å². The van der Waals surface area contributed by atoms with Crippen molar-refractivity contribution in [2.75, 3.05) is 0 Å². The van der Waals surface area contributed by atoms with Crippen molar-refractivity contribution < 1.29 is 29.4 Å². The maximum atomic E-state index is 13.5. The van der Waals surface area contributed by atoms with E-state index in [1.54, 1.807) is 6.08 Å². The molecule has 0 aromatic rings. The normalized spacial score (nSPS) is 29.9. The molecule has 0 aliphatic heterocycles. The summed E-state index contributed by atoms with van der Waals surface area (Å²) in [5.74, 6) is -3.52. The van der Waals surface area contributed by atoms with Gasteiger partial charge in [-0.25, -0.2) is 9.59 Å². The summed E-state index contributed by atoms with van der Waals surface area (Å²) in [6.45, 7) is 3.94. The summed E-state index contributed by atoms with van der Waals surface area (Å²) in [6.07, 6.45) is 7.30. The van der Waals surface area contributed by atoms with Crippen LogP contribution in [0, 0.1) is 23.2 Å². The minimum atomic E-state index is -1.33. The van der Waals surface area contributed by atoms with Crippen molar-refractivity contribution in [3.63, 3.8) is 0 Å². The number of rotatable bonds is 10. The summed E-state index contributed by atoms with van der Waals surface area (Å²) in [5.41, 5.74) is -0.932. The Labute approximate surface area is 177 Å². The Hall–Kier alpha value is -2.24. The van der Waals surface area contributed by atoms with Crippen LogP contribution in [0.25, 0.3) is 0 Å². The number of Topliss-reactive ketones (excluding diaryl/α,β-unsaturated/α-hetero) is 2. The van der Waals surface area contributed by atoms with E-state index in [1.807, 2.05) is 13.8 Å². The van der Waals surface area contributed by atoms with Gasteiger partial charge in [0.1, 0.15) is 5.78 Å². The fraction of sp³-hybridized carbons (Fsp3) is 0.667. The summed E-state index contributed by atoms with van der Waals surface area (Å²) in [7, 11) is 0. The molecule has 0 aromatic heterocycles. The smallest absolute Gasteiger partial charge is 0.332 e. The first-order valence-corrected chi connectivity index (χ1v) is 11.3. The molecule has 0 amide bonds. The molecule has 0 radical (unpaired) electrons. The van der Waals surface area contributed by atoms with Crippen molar-refractivity contribution in [2.45, 2.75) is 78.1 Å². The van der Waals surface area contributed by atoms with Crippen molar-refractivity contribution in [3.05, 3.63) is 22.8 Å². The lowest BCUT2D eigenvalue weighted by atomic mass is 9.45. The predicted molar refractivity (Wildman–Crippen MR) is 111 cm³/mol. The van der Waals surface area contributed by atoms with Gasteiger partial charge in [-0.05, 0) is 50.4 Å². The summed E-state index contributed by atoms with van der Waals surface area (Å²) in [5, 5.41) is 20.1. The highest BCUT2D eigenvalue weighted by molar-refractivity contribution is 6.07. The Balaban J connectivity index is 2.18.